The second-order valence-electron chi connectivity index (χ2n) is 6.56. The lowest BCUT2D eigenvalue weighted by Gasteiger charge is -2.12. The molecule has 0 heterocycles. The molecule has 3 N–H and O–H groups in total. The third kappa shape index (κ3) is 5.61. The van der Waals surface area contributed by atoms with E-state index in [1.165, 1.54) is 12.1 Å². The third-order valence-corrected chi connectivity index (χ3v) is 6.49. The summed E-state index contributed by atoms with van der Waals surface area (Å²) in [6.07, 6.45) is 2.30. The fraction of sp³-hybridized carbons (Fsp3) is 0.316. The van der Waals surface area contributed by atoms with E-state index in [4.69, 9.17) is 23.2 Å². The average Bonchev–Trinajstić information content (AvgIpc) is 3.45. The van der Waals surface area contributed by atoms with E-state index in [1.807, 2.05) is 30.3 Å². The van der Waals surface area contributed by atoms with Gasteiger partial charge in [-0.3, -0.25) is 4.79 Å². The zero-order chi connectivity index (χ0) is 20.1. The SMILES string of the molecule is O=C(NCCCNc1ccccc1)c1cc(S(=O)(=O)NC2CC2)c(Cl)cc1Cl. The van der Waals surface area contributed by atoms with Crippen LogP contribution in [0, 0.1) is 0 Å². The summed E-state index contributed by atoms with van der Waals surface area (Å²) in [4.78, 5) is 12.3. The number of para-hydroxylation sites is 1. The number of nitrogens with one attached hydrogen (secondary N) is 3. The van der Waals surface area contributed by atoms with Crippen LogP contribution in [0.5, 0.6) is 0 Å². The summed E-state index contributed by atoms with van der Waals surface area (Å²) in [7, 11) is -3.79. The molecule has 9 heteroatoms. The van der Waals surface area contributed by atoms with Crippen LogP contribution in [0.3, 0.4) is 0 Å². The van der Waals surface area contributed by atoms with Crippen molar-refractivity contribution >= 4 is 44.8 Å². The predicted octanol–water partition coefficient (Wildman–Crippen LogP) is 3.67. The van der Waals surface area contributed by atoms with Gasteiger partial charge < -0.3 is 10.6 Å². The van der Waals surface area contributed by atoms with Crippen LogP contribution in [0.15, 0.2) is 47.4 Å². The number of benzene rings is 2. The van der Waals surface area contributed by atoms with Crippen molar-refractivity contribution in [3.05, 3.63) is 58.1 Å². The number of anilines is 1. The van der Waals surface area contributed by atoms with Crippen LogP contribution < -0.4 is 15.4 Å². The first-order chi connectivity index (χ1) is 13.4. The number of hydrogen-bond acceptors (Lipinski definition) is 4. The normalized spacial score (nSPS) is 13.9. The Kier molecular flexibility index (Phi) is 6.82. The summed E-state index contributed by atoms with van der Waals surface area (Å²) < 4.78 is 27.4. The van der Waals surface area contributed by atoms with Crippen LogP contribution in [-0.4, -0.2) is 33.5 Å². The molecule has 0 radical (unpaired) electrons. The molecule has 1 aliphatic rings. The maximum atomic E-state index is 12.4. The Bertz CT molecular complexity index is 948. The van der Waals surface area contributed by atoms with Gasteiger partial charge in [-0.15, -0.1) is 0 Å². The Morgan fingerprint density at radius 3 is 2.43 bits per heavy atom. The molecular weight excluding hydrogens is 421 g/mol. The molecular formula is C19H21Cl2N3O3S. The molecule has 2 aromatic carbocycles. The van der Waals surface area contributed by atoms with Gasteiger partial charge in [-0.05, 0) is 43.5 Å². The lowest BCUT2D eigenvalue weighted by molar-refractivity contribution is 0.0953. The minimum Gasteiger partial charge on any atom is -0.385 e. The first-order valence-electron chi connectivity index (χ1n) is 8.95. The highest BCUT2D eigenvalue weighted by Gasteiger charge is 2.30. The highest BCUT2D eigenvalue weighted by atomic mass is 35.5. The number of rotatable bonds is 9. The van der Waals surface area contributed by atoms with Crippen molar-refractivity contribution in [1.82, 2.24) is 10.0 Å². The van der Waals surface area contributed by atoms with E-state index in [1.54, 1.807) is 0 Å². The average molecular weight is 442 g/mol. The molecule has 2 aromatic rings. The maximum Gasteiger partial charge on any atom is 0.252 e. The summed E-state index contributed by atoms with van der Waals surface area (Å²) >= 11 is 12.2. The fourth-order valence-electron chi connectivity index (χ4n) is 2.57. The molecule has 28 heavy (non-hydrogen) atoms. The smallest absolute Gasteiger partial charge is 0.252 e. The number of carbonyl (C=O) groups is 1. The van der Waals surface area contributed by atoms with Crippen molar-refractivity contribution in [1.29, 1.82) is 0 Å². The van der Waals surface area contributed by atoms with Gasteiger partial charge in [0.25, 0.3) is 5.91 Å². The lowest BCUT2D eigenvalue weighted by Crippen LogP contribution is -2.28. The second-order valence-corrected chi connectivity index (χ2v) is 9.06. The maximum absolute atomic E-state index is 12.4. The van der Waals surface area contributed by atoms with E-state index in [0.29, 0.717) is 19.5 Å². The highest BCUT2D eigenvalue weighted by Crippen LogP contribution is 2.30. The summed E-state index contributed by atoms with van der Waals surface area (Å²) in [5.41, 5.74) is 1.09. The van der Waals surface area contributed by atoms with Gasteiger partial charge >= 0.3 is 0 Å². The fourth-order valence-corrected chi connectivity index (χ4v) is 4.73. The van der Waals surface area contributed by atoms with Crippen molar-refractivity contribution in [3.63, 3.8) is 0 Å². The Morgan fingerprint density at radius 1 is 1.04 bits per heavy atom. The number of amides is 1. The van der Waals surface area contributed by atoms with E-state index in [2.05, 4.69) is 15.4 Å². The van der Waals surface area contributed by atoms with Gasteiger partial charge in [-0.25, -0.2) is 13.1 Å². The molecule has 0 unspecified atom stereocenters. The molecule has 0 atom stereocenters. The Hall–Kier alpha value is -1.80. The molecule has 1 amide bonds. The van der Waals surface area contributed by atoms with Crippen molar-refractivity contribution in [2.45, 2.75) is 30.2 Å². The van der Waals surface area contributed by atoms with Gasteiger partial charge in [-0.1, -0.05) is 41.4 Å². The molecule has 1 fully saturated rings. The quantitative estimate of drug-likeness (QED) is 0.518. The van der Waals surface area contributed by atoms with Gasteiger partial charge in [0.1, 0.15) is 4.90 Å². The monoisotopic (exact) mass is 441 g/mol. The van der Waals surface area contributed by atoms with Gasteiger partial charge in [-0.2, -0.15) is 0 Å². The van der Waals surface area contributed by atoms with E-state index < -0.39 is 15.9 Å². The van der Waals surface area contributed by atoms with Crippen LogP contribution >= 0.6 is 23.2 Å². The van der Waals surface area contributed by atoms with Crippen LogP contribution in [0.25, 0.3) is 0 Å². The molecule has 0 aliphatic heterocycles. The molecule has 1 saturated carbocycles. The Balaban J connectivity index is 1.59. The van der Waals surface area contributed by atoms with Crippen molar-refractivity contribution in [2.24, 2.45) is 0 Å². The molecule has 0 saturated heterocycles. The number of hydrogen-bond donors (Lipinski definition) is 3. The van der Waals surface area contributed by atoms with E-state index in [0.717, 1.165) is 18.5 Å². The number of halogens is 2. The standard InChI is InChI=1S/C19H21Cl2N3O3S/c20-16-12-17(21)18(28(26,27)24-14-7-8-14)11-15(16)19(25)23-10-4-9-22-13-5-2-1-3-6-13/h1-3,5-6,11-12,14,22,24H,4,7-10H2,(H,23,25). The summed E-state index contributed by atoms with van der Waals surface area (Å²) in [5.74, 6) is -0.441. The van der Waals surface area contributed by atoms with E-state index in [-0.39, 0.29) is 26.5 Å². The van der Waals surface area contributed by atoms with Crippen LogP contribution in [0.4, 0.5) is 5.69 Å². The van der Waals surface area contributed by atoms with E-state index in [9.17, 15) is 13.2 Å². The third-order valence-electron chi connectivity index (χ3n) is 4.20. The summed E-state index contributed by atoms with van der Waals surface area (Å²) in [6, 6.07) is 12.2. The largest absolute Gasteiger partial charge is 0.385 e. The van der Waals surface area contributed by atoms with Gasteiger partial charge in [0.15, 0.2) is 0 Å². The van der Waals surface area contributed by atoms with Crippen LogP contribution in [-0.2, 0) is 10.0 Å². The lowest BCUT2D eigenvalue weighted by atomic mass is 10.2. The topological polar surface area (TPSA) is 87.3 Å². The minimum absolute atomic E-state index is 0.0123. The number of carbonyl (C=O) groups excluding carboxylic acids is 1. The minimum atomic E-state index is -3.79. The van der Waals surface area contributed by atoms with Crippen LogP contribution in [0.2, 0.25) is 10.0 Å². The molecule has 6 nitrogen and oxygen atoms in total. The first kappa shape index (κ1) is 20.9. The predicted molar refractivity (Wildman–Crippen MR) is 112 cm³/mol. The first-order valence-corrected chi connectivity index (χ1v) is 11.2. The second kappa shape index (κ2) is 9.13. The number of sulfonamides is 1. The molecule has 1 aliphatic carbocycles. The zero-order valence-electron chi connectivity index (χ0n) is 15.0. The summed E-state index contributed by atoms with van der Waals surface area (Å²) in [6.45, 7) is 1.10. The molecule has 150 valence electrons. The van der Waals surface area contributed by atoms with Crippen LogP contribution in [0.1, 0.15) is 29.6 Å². The van der Waals surface area contributed by atoms with Gasteiger partial charge in [0.05, 0.1) is 15.6 Å². The molecule has 3 rings (SSSR count). The molecule has 0 bridgehead atoms. The highest BCUT2D eigenvalue weighted by molar-refractivity contribution is 7.89. The zero-order valence-corrected chi connectivity index (χ0v) is 17.4. The molecule has 0 aromatic heterocycles. The Labute approximate surface area is 174 Å². The van der Waals surface area contributed by atoms with Crippen molar-refractivity contribution in [3.8, 4) is 0 Å². The summed E-state index contributed by atoms with van der Waals surface area (Å²) in [5, 5.41) is 6.10. The van der Waals surface area contributed by atoms with Gasteiger partial charge in [0.2, 0.25) is 10.0 Å². The van der Waals surface area contributed by atoms with Crippen molar-refractivity contribution < 1.29 is 13.2 Å². The van der Waals surface area contributed by atoms with Gasteiger partial charge in [0, 0.05) is 24.8 Å². The molecule has 0 spiro atoms. The Morgan fingerprint density at radius 2 is 1.75 bits per heavy atom. The van der Waals surface area contributed by atoms with Crippen molar-refractivity contribution in [2.75, 3.05) is 18.4 Å². The van der Waals surface area contributed by atoms with E-state index >= 15 is 0 Å².